The third kappa shape index (κ3) is 2.39. The zero-order valence-corrected chi connectivity index (χ0v) is 11.1. The van der Waals surface area contributed by atoms with Gasteiger partial charge in [-0.2, -0.15) is 4.39 Å². The molecule has 3 aromatic rings. The molecule has 19 heavy (non-hydrogen) atoms. The molecule has 0 fully saturated rings. The van der Waals surface area contributed by atoms with E-state index < -0.39 is 5.95 Å². The van der Waals surface area contributed by atoms with Crippen molar-refractivity contribution in [1.29, 1.82) is 0 Å². The van der Waals surface area contributed by atoms with Crippen LogP contribution < -0.4 is 0 Å². The number of thiazole rings is 1. The standard InChI is InChI=1S/C15H11FN2S/c1-2-3-10-4-6-11(7-5-10)14-17-12-8-9-13(16)18-15(12)19-14/h2-9H,1H3/b3-2+. The number of hydrogen-bond donors (Lipinski definition) is 0. The van der Waals surface area contributed by atoms with Crippen LogP contribution in [-0.2, 0) is 0 Å². The minimum atomic E-state index is -0.467. The molecule has 2 aromatic heterocycles. The molecule has 0 unspecified atom stereocenters. The van der Waals surface area contributed by atoms with Crippen LogP contribution in [0.25, 0.3) is 27.0 Å². The maximum atomic E-state index is 13.0. The van der Waals surface area contributed by atoms with Crippen molar-refractivity contribution in [2.75, 3.05) is 0 Å². The normalized spacial score (nSPS) is 11.5. The highest BCUT2D eigenvalue weighted by atomic mass is 32.1. The molecule has 0 saturated heterocycles. The van der Waals surface area contributed by atoms with E-state index in [0.29, 0.717) is 4.83 Å². The molecule has 0 atom stereocenters. The molecular weight excluding hydrogens is 259 g/mol. The van der Waals surface area contributed by atoms with E-state index in [0.717, 1.165) is 21.7 Å². The molecule has 0 aliphatic rings. The summed E-state index contributed by atoms with van der Waals surface area (Å²) in [7, 11) is 0. The maximum Gasteiger partial charge on any atom is 0.214 e. The van der Waals surface area contributed by atoms with Crippen LogP contribution in [0.4, 0.5) is 4.39 Å². The van der Waals surface area contributed by atoms with Gasteiger partial charge in [0.15, 0.2) is 0 Å². The lowest BCUT2D eigenvalue weighted by Crippen LogP contribution is -1.79. The van der Waals surface area contributed by atoms with Crippen molar-refractivity contribution < 1.29 is 4.39 Å². The molecule has 2 nitrogen and oxygen atoms in total. The van der Waals surface area contributed by atoms with Crippen LogP contribution in [-0.4, -0.2) is 9.97 Å². The summed E-state index contributed by atoms with van der Waals surface area (Å²) in [5, 5.41) is 0.861. The van der Waals surface area contributed by atoms with Gasteiger partial charge in [0.1, 0.15) is 15.4 Å². The predicted octanol–water partition coefficient (Wildman–Crippen LogP) is 4.53. The number of fused-ring (bicyclic) bond motifs is 1. The molecule has 0 spiro atoms. The van der Waals surface area contributed by atoms with E-state index in [9.17, 15) is 4.39 Å². The number of allylic oxidation sites excluding steroid dienone is 1. The van der Waals surface area contributed by atoms with Crippen LogP contribution in [0.5, 0.6) is 0 Å². The van der Waals surface area contributed by atoms with Crippen molar-refractivity contribution in [3.63, 3.8) is 0 Å². The summed E-state index contributed by atoms with van der Waals surface area (Å²) in [5.41, 5.74) is 2.91. The summed E-state index contributed by atoms with van der Waals surface area (Å²) in [6, 6.07) is 11.1. The van der Waals surface area contributed by atoms with Gasteiger partial charge in [-0.15, -0.1) is 0 Å². The first kappa shape index (κ1) is 12.0. The molecule has 1 aromatic carbocycles. The summed E-state index contributed by atoms with van der Waals surface area (Å²) in [6.45, 7) is 1.99. The predicted molar refractivity (Wildman–Crippen MR) is 77.5 cm³/mol. The van der Waals surface area contributed by atoms with Crippen molar-refractivity contribution in [3.8, 4) is 10.6 Å². The average molecular weight is 270 g/mol. The smallest absolute Gasteiger partial charge is 0.214 e. The Morgan fingerprint density at radius 1 is 1.05 bits per heavy atom. The monoisotopic (exact) mass is 270 g/mol. The zero-order valence-electron chi connectivity index (χ0n) is 10.3. The number of hydrogen-bond acceptors (Lipinski definition) is 3. The van der Waals surface area contributed by atoms with Crippen LogP contribution in [0.3, 0.4) is 0 Å². The minimum Gasteiger partial charge on any atom is -0.234 e. The Bertz CT molecular complexity index is 744. The van der Waals surface area contributed by atoms with Crippen molar-refractivity contribution in [2.24, 2.45) is 0 Å². The molecule has 0 N–H and O–H groups in total. The summed E-state index contributed by atoms with van der Waals surface area (Å²) in [6.07, 6.45) is 4.04. The Kier molecular flexibility index (Phi) is 3.09. The highest BCUT2D eigenvalue weighted by Gasteiger charge is 2.07. The fourth-order valence-electron chi connectivity index (χ4n) is 1.85. The molecule has 0 aliphatic carbocycles. The Balaban J connectivity index is 2.03. The quantitative estimate of drug-likeness (QED) is 0.639. The van der Waals surface area contributed by atoms with Crippen molar-refractivity contribution in [2.45, 2.75) is 6.92 Å². The average Bonchev–Trinajstić information content (AvgIpc) is 2.83. The molecule has 0 amide bonds. The summed E-state index contributed by atoms with van der Waals surface area (Å²) < 4.78 is 13.0. The summed E-state index contributed by atoms with van der Waals surface area (Å²) in [4.78, 5) is 8.95. The molecular formula is C15H11FN2S. The highest BCUT2D eigenvalue weighted by Crippen LogP contribution is 2.29. The third-order valence-corrected chi connectivity index (χ3v) is 3.75. The first-order chi connectivity index (χ1) is 9.26. The Labute approximate surface area is 114 Å². The molecule has 3 rings (SSSR count). The van der Waals surface area contributed by atoms with E-state index >= 15 is 0 Å². The molecule has 0 saturated carbocycles. The second-order valence-corrected chi connectivity index (χ2v) is 5.08. The molecule has 2 heterocycles. The van der Waals surface area contributed by atoms with E-state index in [1.54, 1.807) is 6.07 Å². The number of rotatable bonds is 2. The van der Waals surface area contributed by atoms with Gasteiger partial charge in [0.25, 0.3) is 0 Å². The second kappa shape index (κ2) is 4.90. The van der Waals surface area contributed by atoms with Gasteiger partial charge >= 0.3 is 0 Å². The molecule has 0 bridgehead atoms. The van der Waals surface area contributed by atoms with Crippen molar-refractivity contribution in [3.05, 3.63) is 54.0 Å². The fourth-order valence-corrected chi connectivity index (χ4v) is 2.78. The van der Waals surface area contributed by atoms with Gasteiger partial charge in [0.2, 0.25) is 5.95 Å². The molecule has 94 valence electrons. The number of pyridine rings is 1. The van der Waals surface area contributed by atoms with Gasteiger partial charge in [0.05, 0.1) is 0 Å². The van der Waals surface area contributed by atoms with E-state index in [1.807, 2.05) is 43.3 Å². The van der Waals surface area contributed by atoms with E-state index in [-0.39, 0.29) is 0 Å². The van der Waals surface area contributed by atoms with Gasteiger partial charge in [0, 0.05) is 5.56 Å². The highest BCUT2D eigenvalue weighted by molar-refractivity contribution is 7.21. The van der Waals surface area contributed by atoms with Crippen LogP contribution in [0.1, 0.15) is 12.5 Å². The summed E-state index contributed by atoms with van der Waals surface area (Å²) in [5.74, 6) is -0.467. The lowest BCUT2D eigenvalue weighted by Gasteiger charge is -1.96. The number of halogens is 1. The maximum absolute atomic E-state index is 13.0. The van der Waals surface area contributed by atoms with Gasteiger partial charge < -0.3 is 0 Å². The number of nitrogens with zero attached hydrogens (tertiary/aromatic N) is 2. The fraction of sp³-hybridized carbons (Fsp3) is 0.0667. The Morgan fingerprint density at radius 2 is 1.84 bits per heavy atom. The minimum absolute atomic E-state index is 0.467. The molecule has 4 heteroatoms. The SMILES string of the molecule is C/C=C/c1ccc(-c2nc3ccc(F)nc3s2)cc1. The van der Waals surface area contributed by atoms with Crippen LogP contribution in [0.15, 0.2) is 42.5 Å². The van der Waals surface area contributed by atoms with Gasteiger partial charge in [-0.3, -0.25) is 0 Å². The largest absolute Gasteiger partial charge is 0.234 e. The summed E-state index contributed by atoms with van der Waals surface area (Å²) >= 11 is 1.40. The topological polar surface area (TPSA) is 25.8 Å². The van der Waals surface area contributed by atoms with E-state index in [4.69, 9.17) is 0 Å². The van der Waals surface area contributed by atoms with Crippen molar-refractivity contribution >= 4 is 27.8 Å². The molecule has 0 radical (unpaired) electrons. The zero-order chi connectivity index (χ0) is 13.2. The first-order valence-electron chi connectivity index (χ1n) is 5.92. The van der Waals surface area contributed by atoms with Gasteiger partial charge in [-0.25, -0.2) is 9.97 Å². The van der Waals surface area contributed by atoms with Crippen LogP contribution >= 0.6 is 11.3 Å². The van der Waals surface area contributed by atoms with Gasteiger partial charge in [-0.05, 0) is 24.6 Å². The lowest BCUT2D eigenvalue weighted by molar-refractivity contribution is 0.589. The number of benzene rings is 1. The lowest BCUT2D eigenvalue weighted by atomic mass is 10.1. The number of aromatic nitrogens is 2. The third-order valence-electron chi connectivity index (χ3n) is 2.74. The Morgan fingerprint density at radius 3 is 2.58 bits per heavy atom. The van der Waals surface area contributed by atoms with Crippen molar-refractivity contribution in [1.82, 2.24) is 9.97 Å². The second-order valence-electron chi connectivity index (χ2n) is 4.10. The molecule has 0 aliphatic heterocycles. The first-order valence-corrected chi connectivity index (χ1v) is 6.74. The Hall–Kier alpha value is -2.07. The van der Waals surface area contributed by atoms with E-state index in [2.05, 4.69) is 9.97 Å². The van der Waals surface area contributed by atoms with Crippen LogP contribution in [0, 0.1) is 5.95 Å². The van der Waals surface area contributed by atoms with Crippen LogP contribution in [0.2, 0.25) is 0 Å². The van der Waals surface area contributed by atoms with Gasteiger partial charge in [-0.1, -0.05) is 47.8 Å². The van der Waals surface area contributed by atoms with E-state index in [1.165, 1.54) is 17.4 Å².